The van der Waals surface area contributed by atoms with E-state index in [4.69, 9.17) is 0 Å². The molecule has 2 aromatic rings. The Morgan fingerprint density at radius 3 is 1.55 bits per heavy atom. The predicted molar refractivity (Wildman–Crippen MR) is 83.7 cm³/mol. The second kappa shape index (κ2) is 6.55. The molecule has 0 bridgehead atoms. The minimum absolute atomic E-state index is 0.0369. The number of rotatable bonds is 3. The molecule has 0 aromatic heterocycles. The van der Waals surface area contributed by atoms with Crippen LogP contribution in [0.3, 0.4) is 0 Å². The lowest BCUT2D eigenvalue weighted by molar-refractivity contribution is 0.127. The molecule has 0 amide bonds. The van der Waals surface area contributed by atoms with Gasteiger partial charge in [-0.2, -0.15) is 0 Å². The highest BCUT2D eigenvalue weighted by molar-refractivity contribution is 5.32. The Hall–Kier alpha value is -1.78. The van der Waals surface area contributed by atoms with E-state index in [0.29, 0.717) is 0 Å². The number of halogens is 2. The molecule has 0 saturated carbocycles. The molecule has 0 spiro atoms. The molecule has 0 radical (unpaired) electrons. The summed E-state index contributed by atoms with van der Waals surface area (Å²) in [4.78, 5) is 4.67. The normalized spacial score (nSPS) is 17.1. The van der Waals surface area contributed by atoms with Crippen LogP contribution in [-0.4, -0.2) is 43.0 Å². The van der Waals surface area contributed by atoms with Gasteiger partial charge >= 0.3 is 0 Å². The first-order chi connectivity index (χ1) is 10.6. The smallest absolute Gasteiger partial charge is 0.123 e. The largest absolute Gasteiger partial charge is 0.304 e. The average molecular weight is 302 g/mol. The molecule has 0 unspecified atom stereocenters. The van der Waals surface area contributed by atoms with Gasteiger partial charge in [-0.15, -0.1) is 0 Å². The van der Waals surface area contributed by atoms with Gasteiger partial charge in [-0.1, -0.05) is 24.3 Å². The van der Waals surface area contributed by atoms with E-state index in [0.717, 1.165) is 37.3 Å². The van der Waals surface area contributed by atoms with Crippen molar-refractivity contribution in [1.82, 2.24) is 9.80 Å². The highest BCUT2D eigenvalue weighted by atomic mass is 19.1. The molecule has 1 aliphatic heterocycles. The van der Waals surface area contributed by atoms with Crippen LogP contribution >= 0.6 is 0 Å². The second-order valence-corrected chi connectivity index (χ2v) is 5.84. The van der Waals surface area contributed by atoms with Crippen molar-refractivity contribution >= 4 is 0 Å². The molecule has 3 rings (SSSR count). The van der Waals surface area contributed by atoms with E-state index in [1.54, 1.807) is 0 Å². The van der Waals surface area contributed by atoms with Crippen LogP contribution in [0.5, 0.6) is 0 Å². The molecular weight excluding hydrogens is 282 g/mol. The van der Waals surface area contributed by atoms with Gasteiger partial charge in [0.25, 0.3) is 0 Å². The topological polar surface area (TPSA) is 6.48 Å². The van der Waals surface area contributed by atoms with E-state index in [-0.39, 0.29) is 17.7 Å². The predicted octanol–water partition coefficient (Wildman–Crippen LogP) is 3.30. The van der Waals surface area contributed by atoms with Gasteiger partial charge in [0, 0.05) is 26.2 Å². The van der Waals surface area contributed by atoms with Crippen molar-refractivity contribution in [1.29, 1.82) is 0 Å². The van der Waals surface area contributed by atoms with E-state index in [2.05, 4.69) is 16.8 Å². The third-order valence-electron chi connectivity index (χ3n) is 4.27. The summed E-state index contributed by atoms with van der Waals surface area (Å²) < 4.78 is 26.5. The van der Waals surface area contributed by atoms with E-state index in [1.165, 1.54) is 24.3 Å². The van der Waals surface area contributed by atoms with Gasteiger partial charge in [-0.25, -0.2) is 8.78 Å². The van der Waals surface area contributed by atoms with Crippen LogP contribution < -0.4 is 0 Å². The van der Waals surface area contributed by atoms with Gasteiger partial charge in [0.05, 0.1) is 6.04 Å². The van der Waals surface area contributed by atoms with Crippen LogP contribution in [0.2, 0.25) is 0 Å². The summed E-state index contributed by atoms with van der Waals surface area (Å²) in [5.41, 5.74) is 2.08. The maximum absolute atomic E-state index is 13.2. The second-order valence-electron chi connectivity index (χ2n) is 5.84. The van der Waals surface area contributed by atoms with Gasteiger partial charge in [-0.05, 0) is 42.4 Å². The number of likely N-dealkylation sites (N-methyl/N-ethyl adjacent to an activating group) is 1. The molecule has 4 heteroatoms. The maximum atomic E-state index is 13.2. The first-order valence-corrected chi connectivity index (χ1v) is 7.57. The third-order valence-corrected chi connectivity index (χ3v) is 4.27. The molecule has 0 N–H and O–H groups in total. The summed E-state index contributed by atoms with van der Waals surface area (Å²) in [6, 6.07) is 13.3. The van der Waals surface area contributed by atoms with Gasteiger partial charge in [0.1, 0.15) is 11.6 Å². The number of benzene rings is 2. The highest BCUT2D eigenvalue weighted by Gasteiger charge is 2.25. The molecule has 0 aliphatic carbocycles. The summed E-state index contributed by atoms with van der Waals surface area (Å²) in [5, 5.41) is 0. The Morgan fingerprint density at radius 2 is 1.14 bits per heavy atom. The molecular formula is C18H20F2N2. The summed E-state index contributed by atoms with van der Waals surface area (Å²) in [6.45, 7) is 3.88. The lowest BCUT2D eigenvalue weighted by Gasteiger charge is -2.38. The molecule has 0 atom stereocenters. The van der Waals surface area contributed by atoms with Crippen molar-refractivity contribution in [3.8, 4) is 0 Å². The minimum Gasteiger partial charge on any atom is -0.304 e. The van der Waals surface area contributed by atoms with Crippen molar-refractivity contribution in [3.63, 3.8) is 0 Å². The monoisotopic (exact) mass is 302 g/mol. The Morgan fingerprint density at radius 1 is 0.727 bits per heavy atom. The molecule has 2 aromatic carbocycles. The average Bonchev–Trinajstić information content (AvgIpc) is 2.53. The lowest BCUT2D eigenvalue weighted by Crippen LogP contribution is -2.46. The molecule has 22 heavy (non-hydrogen) atoms. The van der Waals surface area contributed by atoms with Crippen LogP contribution in [0.1, 0.15) is 17.2 Å². The first kappa shape index (κ1) is 15.1. The first-order valence-electron chi connectivity index (χ1n) is 7.57. The standard InChI is InChI=1S/C18H20F2N2/c1-21-10-12-22(13-11-21)18(14-2-6-16(19)7-3-14)15-4-8-17(20)9-5-15/h2-9,18H,10-13H2,1H3. The summed E-state index contributed by atoms with van der Waals surface area (Å²) in [5.74, 6) is -0.472. The number of hydrogen-bond acceptors (Lipinski definition) is 2. The van der Waals surface area contributed by atoms with Crippen molar-refractivity contribution in [3.05, 3.63) is 71.3 Å². The quantitative estimate of drug-likeness (QED) is 0.858. The van der Waals surface area contributed by atoms with E-state index in [1.807, 2.05) is 24.3 Å². The zero-order valence-corrected chi connectivity index (χ0v) is 12.7. The Balaban J connectivity index is 1.94. The van der Waals surface area contributed by atoms with E-state index >= 15 is 0 Å². The van der Waals surface area contributed by atoms with Crippen LogP contribution in [0.4, 0.5) is 8.78 Å². The van der Waals surface area contributed by atoms with Crippen LogP contribution in [-0.2, 0) is 0 Å². The SMILES string of the molecule is CN1CCN(C(c2ccc(F)cc2)c2ccc(F)cc2)CC1. The fourth-order valence-electron chi connectivity index (χ4n) is 2.98. The molecule has 1 saturated heterocycles. The van der Waals surface area contributed by atoms with Gasteiger partial charge in [0.15, 0.2) is 0 Å². The van der Waals surface area contributed by atoms with Crippen molar-refractivity contribution < 1.29 is 8.78 Å². The zero-order chi connectivity index (χ0) is 15.5. The number of piperazine rings is 1. The van der Waals surface area contributed by atoms with Gasteiger partial charge < -0.3 is 4.90 Å². The summed E-state index contributed by atoms with van der Waals surface area (Å²) in [6.07, 6.45) is 0. The van der Waals surface area contributed by atoms with Crippen molar-refractivity contribution in [2.45, 2.75) is 6.04 Å². The zero-order valence-electron chi connectivity index (χ0n) is 12.7. The fraction of sp³-hybridized carbons (Fsp3) is 0.333. The molecule has 1 heterocycles. The molecule has 2 nitrogen and oxygen atoms in total. The lowest BCUT2D eigenvalue weighted by atomic mass is 9.96. The number of hydrogen-bond donors (Lipinski definition) is 0. The fourth-order valence-corrected chi connectivity index (χ4v) is 2.98. The maximum Gasteiger partial charge on any atom is 0.123 e. The molecule has 116 valence electrons. The Labute approximate surface area is 130 Å². The third kappa shape index (κ3) is 3.34. The minimum atomic E-state index is -0.236. The molecule has 1 fully saturated rings. The van der Waals surface area contributed by atoms with Crippen molar-refractivity contribution in [2.24, 2.45) is 0 Å². The highest BCUT2D eigenvalue weighted by Crippen LogP contribution is 2.29. The Bertz CT molecular complexity index is 556. The van der Waals surface area contributed by atoms with Crippen LogP contribution in [0.15, 0.2) is 48.5 Å². The molecule has 1 aliphatic rings. The van der Waals surface area contributed by atoms with E-state index < -0.39 is 0 Å². The van der Waals surface area contributed by atoms with Crippen LogP contribution in [0, 0.1) is 11.6 Å². The summed E-state index contributed by atoms with van der Waals surface area (Å²) >= 11 is 0. The summed E-state index contributed by atoms with van der Waals surface area (Å²) in [7, 11) is 2.11. The van der Waals surface area contributed by atoms with Gasteiger partial charge in [-0.3, -0.25) is 4.90 Å². The Kier molecular flexibility index (Phi) is 4.50. The van der Waals surface area contributed by atoms with Crippen molar-refractivity contribution in [2.75, 3.05) is 33.2 Å². The van der Waals surface area contributed by atoms with Crippen LogP contribution in [0.25, 0.3) is 0 Å². The van der Waals surface area contributed by atoms with Gasteiger partial charge in [0.2, 0.25) is 0 Å². The number of nitrogens with zero attached hydrogens (tertiary/aromatic N) is 2. The van der Waals surface area contributed by atoms with E-state index in [9.17, 15) is 8.78 Å².